The summed E-state index contributed by atoms with van der Waals surface area (Å²) in [5.74, 6) is -0.688. The van der Waals surface area contributed by atoms with E-state index in [-0.39, 0.29) is 24.4 Å². The van der Waals surface area contributed by atoms with Crippen LogP contribution in [0, 0.1) is 0 Å². The number of nitrogens with one attached hydrogen (secondary N) is 1. The molecule has 1 aromatic heterocycles. The maximum atomic E-state index is 11.8. The number of oxazole rings is 1. The number of piperazine rings is 1. The highest BCUT2D eigenvalue weighted by molar-refractivity contribution is 6.04. The van der Waals surface area contributed by atoms with Crippen LogP contribution in [0.5, 0.6) is 0 Å². The van der Waals surface area contributed by atoms with Gasteiger partial charge in [-0.05, 0) is 24.6 Å². The van der Waals surface area contributed by atoms with Crippen molar-refractivity contribution in [2.45, 2.75) is 19.4 Å². The van der Waals surface area contributed by atoms with E-state index in [4.69, 9.17) is 10.2 Å². The van der Waals surface area contributed by atoms with Crippen LogP contribution in [0.3, 0.4) is 0 Å². The van der Waals surface area contributed by atoms with Crippen molar-refractivity contribution in [2.75, 3.05) is 17.2 Å². The second-order valence-electron chi connectivity index (χ2n) is 4.69. The second-order valence-corrected chi connectivity index (χ2v) is 4.69. The molecular formula is C13H14N4O3. The summed E-state index contributed by atoms with van der Waals surface area (Å²) in [5.41, 5.74) is 7.45. The van der Waals surface area contributed by atoms with E-state index >= 15 is 0 Å². The molecule has 104 valence electrons. The highest BCUT2D eigenvalue weighted by Crippen LogP contribution is 2.26. The van der Waals surface area contributed by atoms with Crippen LogP contribution >= 0.6 is 0 Å². The fourth-order valence-corrected chi connectivity index (χ4v) is 2.33. The molecule has 3 rings (SSSR count). The summed E-state index contributed by atoms with van der Waals surface area (Å²) in [7, 11) is 0. The van der Waals surface area contributed by atoms with Crippen LogP contribution in [0.1, 0.15) is 13.3 Å². The van der Waals surface area contributed by atoms with E-state index in [0.717, 1.165) is 0 Å². The molecule has 1 aromatic carbocycles. The Hall–Kier alpha value is -2.57. The smallest absolute Gasteiger partial charge is 0.299 e. The zero-order chi connectivity index (χ0) is 14.3. The standard InChI is InChI=1S/C13H14N4O3/c1-2-9-12(19)16-11(18)6-17(9)13-15-8-5-7(14)3-4-10(8)20-13/h3-5,9H,2,6,14H2,1H3,(H,16,18,19). The van der Waals surface area contributed by atoms with Gasteiger partial charge < -0.3 is 15.1 Å². The first-order chi connectivity index (χ1) is 9.58. The van der Waals surface area contributed by atoms with E-state index in [0.29, 0.717) is 23.2 Å². The zero-order valence-electron chi connectivity index (χ0n) is 10.9. The average Bonchev–Trinajstić information content (AvgIpc) is 2.80. The minimum atomic E-state index is -0.460. The van der Waals surface area contributed by atoms with Crippen LogP contribution in [0.2, 0.25) is 0 Å². The molecular weight excluding hydrogens is 260 g/mol. The number of carbonyl (C=O) groups excluding carboxylic acids is 2. The van der Waals surface area contributed by atoms with Gasteiger partial charge in [0.05, 0.1) is 0 Å². The van der Waals surface area contributed by atoms with Crippen LogP contribution in [0.25, 0.3) is 11.1 Å². The van der Waals surface area contributed by atoms with Gasteiger partial charge in [-0.25, -0.2) is 0 Å². The molecule has 2 amide bonds. The SMILES string of the molecule is CCC1C(=O)NC(=O)CN1c1nc2cc(N)ccc2o1. The molecule has 0 radical (unpaired) electrons. The third-order valence-corrected chi connectivity index (χ3v) is 3.29. The first kappa shape index (κ1) is 12.5. The van der Waals surface area contributed by atoms with Crippen molar-refractivity contribution in [3.63, 3.8) is 0 Å². The Bertz CT molecular complexity index is 694. The number of aromatic nitrogens is 1. The normalized spacial score (nSPS) is 19.4. The number of nitrogens with two attached hydrogens (primary N) is 1. The lowest BCUT2D eigenvalue weighted by molar-refractivity contribution is -0.133. The van der Waals surface area contributed by atoms with Gasteiger partial charge >= 0.3 is 0 Å². The molecule has 1 aliphatic rings. The molecule has 3 N–H and O–H groups in total. The fraction of sp³-hybridized carbons (Fsp3) is 0.308. The lowest BCUT2D eigenvalue weighted by atomic mass is 10.1. The fourth-order valence-electron chi connectivity index (χ4n) is 2.33. The van der Waals surface area contributed by atoms with Crippen LogP contribution in [-0.4, -0.2) is 29.4 Å². The molecule has 1 fully saturated rings. The summed E-state index contributed by atoms with van der Waals surface area (Å²) < 4.78 is 5.62. The number of imide groups is 1. The van der Waals surface area contributed by atoms with Gasteiger partial charge in [0.2, 0.25) is 11.8 Å². The molecule has 20 heavy (non-hydrogen) atoms. The number of nitrogens with zero attached hydrogens (tertiary/aromatic N) is 2. The summed E-state index contributed by atoms with van der Waals surface area (Å²) in [6, 6.07) is 4.92. The monoisotopic (exact) mass is 274 g/mol. The Morgan fingerprint density at radius 3 is 3.05 bits per heavy atom. The van der Waals surface area contributed by atoms with Crippen LogP contribution in [0.15, 0.2) is 22.6 Å². The third-order valence-electron chi connectivity index (χ3n) is 3.29. The number of anilines is 2. The van der Waals surface area contributed by atoms with Gasteiger partial charge in [0.15, 0.2) is 5.58 Å². The average molecular weight is 274 g/mol. The summed E-state index contributed by atoms with van der Waals surface area (Å²) in [5, 5.41) is 2.31. The maximum Gasteiger partial charge on any atom is 0.299 e. The van der Waals surface area contributed by atoms with Crippen molar-refractivity contribution in [3.8, 4) is 0 Å². The van der Waals surface area contributed by atoms with E-state index in [2.05, 4.69) is 10.3 Å². The number of carbonyl (C=O) groups is 2. The highest BCUT2D eigenvalue weighted by Gasteiger charge is 2.35. The number of fused-ring (bicyclic) bond motifs is 1. The Morgan fingerprint density at radius 1 is 1.50 bits per heavy atom. The Kier molecular flexibility index (Phi) is 2.81. The van der Waals surface area contributed by atoms with Crippen molar-refractivity contribution in [2.24, 2.45) is 0 Å². The topological polar surface area (TPSA) is 101 Å². The molecule has 2 heterocycles. The Balaban J connectivity index is 2.03. The minimum Gasteiger partial charge on any atom is -0.423 e. The van der Waals surface area contributed by atoms with Crippen molar-refractivity contribution in [1.82, 2.24) is 10.3 Å². The molecule has 1 atom stereocenters. The van der Waals surface area contributed by atoms with E-state index in [1.54, 1.807) is 23.1 Å². The van der Waals surface area contributed by atoms with Gasteiger partial charge in [-0.1, -0.05) is 6.92 Å². The van der Waals surface area contributed by atoms with Gasteiger partial charge in [0.25, 0.3) is 6.01 Å². The van der Waals surface area contributed by atoms with Gasteiger partial charge in [0.1, 0.15) is 18.1 Å². The summed E-state index contributed by atoms with van der Waals surface area (Å²) in [6.45, 7) is 1.92. The zero-order valence-corrected chi connectivity index (χ0v) is 10.9. The van der Waals surface area contributed by atoms with Gasteiger partial charge in [-0.15, -0.1) is 0 Å². The van der Waals surface area contributed by atoms with Crippen molar-refractivity contribution in [3.05, 3.63) is 18.2 Å². The van der Waals surface area contributed by atoms with E-state index < -0.39 is 6.04 Å². The van der Waals surface area contributed by atoms with E-state index in [1.807, 2.05) is 6.92 Å². The van der Waals surface area contributed by atoms with Crippen molar-refractivity contribution in [1.29, 1.82) is 0 Å². The van der Waals surface area contributed by atoms with Crippen LogP contribution in [-0.2, 0) is 9.59 Å². The van der Waals surface area contributed by atoms with Crippen molar-refractivity contribution >= 4 is 34.6 Å². The predicted octanol–water partition coefficient (Wildman–Crippen LogP) is 0.651. The maximum absolute atomic E-state index is 11.8. The first-order valence-electron chi connectivity index (χ1n) is 6.35. The first-order valence-corrected chi connectivity index (χ1v) is 6.35. The van der Waals surface area contributed by atoms with Crippen molar-refractivity contribution < 1.29 is 14.0 Å². The van der Waals surface area contributed by atoms with E-state index in [1.165, 1.54) is 0 Å². The lowest BCUT2D eigenvalue weighted by Gasteiger charge is -2.31. The summed E-state index contributed by atoms with van der Waals surface area (Å²) in [6.07, 6.45) is 0.556. The molecule has 0 bridgehead atoms. The quantitative estimate of drug-likeness (QED) is 0.616. The van der Waals surface area contributed by atoms with Gasteiger partial charge in [-0.2, -0.15) is 4.98 Å². The minimum absolute atomic E-state index is 0.0482. The predicted molar refractivity (Wildman–Crippen MR) is 73.0 cm³/mol. The van der Waals surface area contributed by atoms with Gasteiger partial charge in [-0.3, -0.25) is 14.9 Å². The van der Waals surface area contributed by atoms with Crippen LogP contribution < -0.4 is 16.0 Å². The Labute approximate surface area is 114 Å². The lowest BCUT2D eigenvalue weighted by Crippen LogP contribution is -2.58. The number of hydrogen-bond acceptors (Lipinski definition) is 6. The molecule has 7 nitrogen and oxygen atoms in total. The number of hydrogen-bond donors (Lipinski definition) is 2. The number of amides is 2. The second kappa shape index (κ2) is 4.52. The molecule has 0 saturated carbocycles. The Morgan fingerprint density at radius 2 is 2.30 bits per heavy atom. The van der Waals surface area contributed by atoms with E-state index in [9.17, 15) is 9.59 Å². The highest BCUT2D eigenvalue weighted by atomic mass is 16.4. The molecule has 0 spiro atoms. The molecule has 1 aliphatic heterocycles. The number of nitrogen functional groups attached to an aromatic ring is 1. The number of rotatable bonds is 2. The molecule has 0 aliphatic carbocycles. The molecule has 1 unspecified atom stereocenters. The van der Waals surface area contributed by atoms with Crippen LogP contribution in [0.4, 0.5) is 11.7 Å². The molecule has 7 heteroatoms. The summed E-state index contributed by atoms with van der Waals surface area (Å²) >= 11 is 0. The molecule has 2 aromatic rings. The summed E-state index contributed by atoms with van der Waals surface area (Å²) in [4.78, 5) is 29.2. The largest absolute Gasteiger partial charge is 0.423 e. The third kappa shape index (κ3) is 1.97. The number of benzene rings is 1. The molecule has 1 saturated heterocycles. The van der Waals surface area contributed by atoms with Gasteiger partial charge in [0, 0.05) is 5.69 Å².